The van der Waals surface area contributed by atoms with Gasteiger partial charge in [0.05, 0.1) is 0 Å². The summed E-state index contributed by atoms with van der Waals surface area (Å²) in [6.45, 7) is 0. The Hall–Kier alpha value is -0.780. The van der Waals surface area contributed by atoms with E-state index >= 15 is 0 Å². The van der Waals surface area contributed by atoms with Gasteiger partial charge in [-0.25, -0.2) is 4.79 Å². The van der Waals surface area contributed by atoms with E-state index < -0.39 is 12.1 Å². The number of rotatable bonds is 1. The molecule has 0 bridgehead atoms. The van der Waals surface area contributed by atoms with Crippen LogP contribution in [0.15, 0.2) is 18.2 Å². The third kappa shape index (κ3) is 1.63. The first-order chi connectivity index (χ1) is 6.16. The maximum atomic E-state index is 10.6. The largest absolute Gasteiger partial charge is 0.478 e. The summed E-state index contributed by atoms with van der Waals surface area (Å²) in [7, 11) is 0. The molecule has 68 valence electrons. The molecule has 3 nitrogen and oxygen atoms in total. The van der Waals surface area contributed by atoms with Crippen molar-refractivity contribution in [2.24, 2.45) is 0 Å². The average Bonchev–Trinajstić information content (AvgIpc) is 2.46. The maximum Gasteiger partial charge on any atom is 0.345 e. The van der Waals surface area contributed by atoms with Crippen LogP contribution in [0, 0.1) is 3.57 Å². The molecule has 0 spiro atoms. The van der Waals surface area contributed by atoms with Gasteiger partial charge in [0.15, 0.2) is 6.10 Å². The predicted octanol–water partition coefficient (Wildman–Crippen LogP) is 1.68. The first-order valence-corrected chi connectivity index (χ1v) is 4.92. The molecule has 0 amide bonds. The van der Waals surface area contributed by atoms with Gasteiger partial charge in [-0.15, -0.1) is 0 Å². The SMILES string of the molecule is O=C(O)[C@@H]1Cc2cc(I)ccc2O1. The third-order valence-corrected chi connectivity index (χ3v) is 2.64. The highest BCUT2D eigenvalue weighted by molar-refractivity contribution is 14.1. The fourth-order valence-corrected chi connectivity index (χ4v) is 1.91. The summed E-state index contributed by atoms with van der Waals surface area (Å²) in [6.07, 6.45) is -0.227. The summed E-state index contributed by atoms with van der Waals surface area (Å²) in [4.78, 5) is 10.6. The first kappa shape index (κ1) is 8.80. The zero-order valence-electron chi connectivity index (χ0n) is 6.66. The van der Waals surface area contributed by atoms with E-state index in [4.69, 9.17) is 9.84 Å². The molecule has 0 aliphatic carbocycles. The fourth-order valence-electron chi connectivity index (χ4n) is 1.35. The Kier molecular flexibility index (Phi) is 2.15. The van der Waals surface area contributed by atoms with Gasteiger partial charge in [0.25, 0.3) is 0 Å². The van der Waals surface area contributed by atoms with E-state index in [0.717, 1.165) is 9.13 Å². The number of benzene rings is 1. The predicted molar refractivity (Wildman–Crippen MR) is 54.9 cm³/mol. The van der Waals surface area contributed by atoms with Crippen molar-refractivity contribution < 1.29 is 14.6 Å². The summed E-state index contributed by atoms with van der Waals surface area (Å²) >= 11 is 2.19. The normalized spacial score (nSPS) is 19.3. The molecule has 1 atom stereocenters. The average molecular weight is 290 g/mol. The van der Waals surface area contributed by atoms with Crippen molar-refractivity contribution in [1.82, 2.24) is 0 Å². The molecule has 1 aliphatic rings. The van der Waals surface area contributed by atoms with Gasteiger partial charge in [0.1, 0.15) is 5.75 Å². The van der Waals surface area contributed by atoms with Crippen molar-refractivity contribution in [3.8, 4) is 5.75 Å². The Morgan fingerprint density at radius 2 is 2.38 bits per heavy atom. The van der Waals surface area contributed by atoms with Gasteiger partial charge in [-0.1, -0.05) is 0 Å². The minimum absolute atomic E-state index is 0.474. The van der Waals surface area contributed by atoms with E-state index in [9.17, 15) is 4.79 Å². The third-order valence-electron chi connectivity index (χ3n) is 1.97. The fraction of sp³-hybridized carbons (Fsp3) is 0.222. The Bertz CT molecular complexity index is 362. The van der Waals surface area contributed by atoms with Crippen LogP contribution in [0.2, 0.25) is 0 Å². The lowest BCUT2D eigenvalue weighted by atomic mass is 10.1. The molecule has 2 rings (SSSR count). The smallest absolute Gasteiger partial charge is 0.345 e. The lowest BCUT2D eigenvalue weighted by molar-refractivity contribution is -0.144. The molecule has 0 fully saturated rings. The summed E-state index contributed by atoms with van der Waals surface area (Å²) < 4.78 is 6.32. The molecule has 1 N–H and O–H groups in total. The molecule has 0 radical (unpaired) electrons. The second-order valence-corrected chi connectivity index (χ2v) is 4.15. The van der Waals surface area contributed by atoms with Gasteiger partial charge in [-0.3, -0.25) is 0 Å². The quantitative estimate of drug-likeness (QED) is 0.800. The van der Waals surface area contributed by atoms with Gasteiger partial charge in [0, 0.05) is 9.99 Å². The summed E-state index contributed by atoms with van der Waals surface area (Å²) in [5.41, 5.74) is 0.985. The molecule has 13 heavy (non-hydrogen) atoms. The Labute approximate surface area is 88.9 Å². The second kappa shape index (κ2) is 3.17. The molecule has 0 aromatic heterocycles. The van der Waals surface area contributed by atoms with Gasteiger partial charge >= 0.3 is 5.97 Å². The Morgan fingerprint density at radius 1 is 1.62 bits per heavy atom. The van der Waals surface area contributed by atoms with Crippen molar-refractivity contribution in [2.75, 3.05) is 0 Å². The molecule has 0 saturated carbocycles. The van der Waals surface area contributed by atoms with Crippen molar-refractivity contribution in [2.45, 2.75) is 12.5 Å². The number of aliphatic carboxylic acids is 1. The van der Waals surface area contributed by atoms with Crippen LogP contribution in [-0.2, 0) is 11.2 Å². The minimum atomic E-state index is -0.897. The Balaban J connectivity index is 2.30. The number of carboxylic acid groups (broad SMARTS) is 1. The number of carbonyl (C=O) groups is 1. The van der Waals surface area contributed by atoms with E-state index in [0.29, 0.717) is 12.2 Å². The van der Waals surface area contributed by atoms with E-state index in [1.54, 1.807) is 0 Å². The van der Waals surface area contributed by atoms with Crippen LogP contribution in [0.25, 0.3) is 0 Å². The van der Waals surface area contributed by atoms with Crippen LogP contribution in [0.5, 0.6) is 5.75 Å². The number of hydrogen-bond donors (Lipinski definition) is 1. The molecule has 0 saturated heterocycles. The Morgan fingerprint density at radius 3 is 3.08 bits per heavy atom. The number of carboxylic acids is 1. The summed E-state index contributed by atoms with van der Waals surface area (Å²) in [5, 5.41) is 8.73. The van der Waals surface area contributed by atoms with E-state index in [1.165, 1.54) is 0 Å². The lowest BCUT2D eigenvalue weighted by Crippen LogP contribution is -2.24. The van der Waals surface area contributed by atoms with Crippen LogP contribution in [0.4, 0.5) is 0 Å². The van der Waals surface area contributed by atoms with Gasteiger partial charge < -0.3 is 9.84 Å². The maximum absolute atomic E-state index is 10.6. The van der Waals surface area contributed by atoms with E-state index in [2.05, 4.69) is 22.6 Å². The van der Waals surface area contributed by atoms with E-state index in [-0.39, 0.29) is 0 Å². The summed E-state index contributed by atoms with van der Waals surface area (Å²) in [6, 6.07) is 5.68. The standard InChI is InChI=1S/C9H7IO3/c10-6-1-2-7-5(3-6)4-8(13-7)9(11)12/h1-3,8H,4H2,(H,11,12)/t8-/m0/s1. The summed E-state index contributed by atoms with van der Waals surface area (Å²) in [5.74, 6) is -0.195. The van der Waals surface area contributed by atoms with Crippen LogP contribution < -0.4 is 4.74 Å². The van der Waals surface area contributed by atoms with Gasteiger partial charge in [-0.2, -0.15) is 0 Å². The van der Waals surface area contributed by atoms with Crippen molar-refractivity contribution in [1.29, 1.82) is 0 Å². The van der Waals surface area contributed by atoms with Gasteiger partial charge in [-0.05, 0) is 46.4 Å². The molecule has 4 heteroatoms. The van der Waals surface area contributed by atoms with Crippen molar-refractivity contribution in [3.63, 3.8) is 0 Å². The van der Waals surface area contributed by atoms with Crippen LogP contribution in [0.1, 0.15) is 5.56 Å². The molecule has 0 unspecified atom stereocenters. The highest BCUT2D eigenvalue weighted by atomic mass is 127. The second-order valence-electron chi connectivity index (χ2n) is 2.90. The van der Waals surface area contributed by atoms with Gasteiger partial charge in [0.2, 0.25) is 0 Å². The number of halogens is 1. The van der Waals surface area contributed by atoms with Crippen molar-refractivity contribution in [3.05, 3.63) is 27.3 Å². The highest BCUT2D eigenvalue weighted by Crippen LogP contribution is 2.29. The van der Waals surface area contributed by atoms with Crippen LogP contribution in [-0.4, -0.2) is 17.2 Å². The number of ether oxygens (including phenoxy) is 1. The molecular formula is C9H7IO3. The molecular weight excluding hydrogens is 283 g/mol. The first-order valence-electron chi connectivity index (χ1n) is 3.85. The molecule has 1 heterocycles. The molecule has 1 aromatic carbocycles. The number of hydrogen-bond acceptors (Lipinski definition) is 2. The zero-order valence-corrected chi connectivity index (χ0v) is 8.82. The monoisotopic (exact) mass is 290 g/mol. The van der Waals surface area contributed by atoms with Crippen molar-refractivity contribution >= 4 is 28.6 Å². The topological polar surface area (TPSA) is 46.5 Å². The lowest BCUT2D eigenvalue weighted by Gasteiger charge is -2.02. The zero-order chi connectivity index (χ0) is 9.42. The highest BCUT2D eigenvalue weighted by Gasteiger charge is 2.28. The molecule has 1 aliphatic heterocycles. The van der Waals surface area contributed by atoms with Crippen LogP contribution >= 0.6 is 22.6 Å². The van der Waals surface area contributed by atoms with Crippen LogP contribution in [0.3, 0.4) is 0 Å². The number of fused-ring (bicyclic) bond motifs is 1. The minimum Gasteiger partial charge on any atom is -0.478 e. The van der Waals surface area contributed by atoms with E-state index in [1.807, 2.05) is 18.2 Å². The molecule has 1 aromatic rings.